The normalized spacial score (nSPS) is 10.0. The molecule has 1 N–H and O–H groups in total. The molecule has 0 aliphatic rings. The van der Waals surface area contributed by atoms with Crippen LogP contribution in [0.25, 0.3) is 10.6 Å². The maximum atomic E-state index is 10.7. The first-order valence-corrected chi connectivity index (χ1v) is 5.13. The summed E-state index contributed by atoms with van der Waals surface area (Å²) in [5, 5.41) is 8.76. The van der Waals surface area contributed by atoms with Gasteiger partial charge in [0.05, 0.1) is 23.0 Å². The molecule has 80 valence electrons. The molecule has 2 rings (SSSR count). The Morgan fingerprint density at radius 2 is 2.12 bits per heavy atom. The zero-order valence-electron chi connectivity index (χ0n) is 7.95. The predicted molar refractivity (Wildman–Crippen MR) is 57.7 cm³/mol. The van der Waals surface area contributed by atoms with E-state index < -0.39 is 5.97 Å². The van der Waals surface area contributed by atoms with Gasteiger partial charge in [-0.25, -0.2) is 9.78 Å². The second kappa shape index (κ2) is 4.19. The Kier molecular flexibility index (Phi) is 2.74. The number of carboxylic acids is 1. The van der Waals surface area contributed by atoms with Crippen molar-refractivity contribution < 1.29 is 14.7 Å². The van der Waals surface area contributed by atoms with Crippen LogP contribution in [0.15, 0.2) is 24.5 Å². The van der Waals surface area contributed by atoms with Gasteiger partial charge in [-0.05, 0) is 12.1 Å². The second-order valence-electron chi connectivity index (χ2n) is 2.91. The van der Waals surface area contributed by atoms with Crippen molar-refractivity contribution in [2.75, 3.05) is 0 Å². The van der Waals surface area contributed by atoms with Gasteiger partial charge >= 0.3 is 5.97 Å². The van der Waals surface area contributed by atoms with Crippen LogP contribution in [0.3, 0.4) is 0 Å². The van der Waals surface area contributed by atoms with Crippen molar-refractivity contribution in [3.8, 4) is 10.6 Å². The topological polar surface area (TPSA) is 80.2 Å². The summed E-state index contributed by atoms with van der Waals surface area (Å²) in [6.07, 6.45) is 3.40. The van der Waals surface area contributed by atoms with E-state index in [0.29, 0.717) is 16.9 Å². The van der Waals surface area contributed by atoms with E-state index in [1.165, 1.54) is 18.5 Å². The highest BCUT2D eigenvalue weighted by Gasteiger charge is 2.09. The summed E-state index contributed by atoms with van der Waals surface area (Å²) in [5.41, 5.74) is 0.807. The van der Waals surface area contributed by atoms with Crippen molar-refractivity contribution >= 4 is 23.6 Å². The smallest absolute Gasteiger partial charge is 0.345 e. The van der Waals surface area contributed by atoms with Crippen LogP contribution in [0.4, 0.5) is 0 Å². The van der Waals surface area contributed by atoms with Gasteiger partial charge in [0, 0.05) is 0 Å². The fraction of sp³-hybridized carbons (Fsp3) is 0. The molecule has 2 aromatic heterocycles. The van der Waals surface area contributed by atoms with Crippen LogP contribution in [-0.2, 0) is 0 Å². The van der Waals surface area contributed by atoms with Gasteiger partial charge in [0.1, 0.15) is 10.6 Å². The first kappa shape index (κ1) is 10.4. The Balaban J connectivity index is 2.35. The minimum Gasteiger partial charge on any atom is -0.477 e. The molecule has 0 fully saturated rings. The molecule has 0 bridgehead atoms. The average Bonchev–Trinajstić information content (AvgIpc) is 2.78. The van der Waals surface area contributed by atoms with Gasteiger partial charge in [0.2, 0.25) is 0 Å². The van der Waals surface area contributed by atoms with Crippen molar-refractivity contribution in [1.29, 1.82) is 0 Å². The number of carboxylic acid groups (broad SMARTS) is 1. The molecule has 2 aromatic rings. The standard InChI is InChI=1S/C10H6N2O3S/c13-5-6-3-12-7(4-11-6)8-1-2-9(16-8)10(14)15/h1-5H,(H,14,15). The number of hydrogen-bond acceptors (Lipinski definition) is 5. The van der Waals surface area contributed by atoms with Crippen molar-refractivity contribution in [2.24, 2.45) is 0 Å². The van der Waals surface area contributed by atoms with Gasteiger partial charge in [0.25, 0.3) is 0 Å². The van der Waals surface area contributed by atoms with Gasteiger partial charge < -0.3 is 5.11 Å². The van der Waals surface area contributed by atoms with E-state index in [9.17, 15) is 9.59 Å². The Morgan fingerprint density at radius 1 is 1.31 bits per heavy atom. The fourth-order valence-corrected chi connectivity index (χ4v) is 1.92. The molecular weight excluding hydrogens is 228 g/mol. The van der Waals surface area contributed by atoms with Crippen molar-refractivity contribution in [2.45, 2.75) is 0 Å². The van der Waals surface area contributed by atoms with Crippen LogP contribution in [0.2, 0.25) is 0 Å². The number of aldehydes is 1. The molecule has 0 radical (unpaired) electrons. The lowest BCUT2D eigenvalue weighted by molar-refractivity contribution is 0.0702. The van der Waals surface area contributed by atoms with E-state index in [-0.39, 0.29) is 10.6 Å². The lowest BCUT2D eigenvalue weighted by atomic mass is 10.3. The summed E-state index contributed by atoms with van der Waals surface area (Å²) < 4.78 is 0. The number of hydrogen-bond donors (Lipinski definition) is 1. The molecule has 0 aliphatic carbocycles. The SMILES string of the molecule is O=Cc1cnc(-c2ccc(C(=O)O)s2)cn1. The van der Waals surface area contributed by atoms with E-state index in [2.05, 4.69) is 9.97 Å². The first-order valence-electron chi connectivity index (χ1n) is 4.31. The quantitative estimate of drug-likeness (QED) is 0.818. The van der Waals surface area contributed by atoms with Crippen LogP contribution in [0.5, 0.6) is 0 Å². The minimum atomic E-state index is -0.964. The summed E-state index contributed by atoms with van der Waals surface area (Å²) in [4.78, 5) is 29.9. The Labute approximate surface area is 94.4 Å². The summed E-state index contributed by atoms with van der Waals surface area (Å²) in [6, 6.07) is 3.18. The van der Waals surface area contributed by atoms with E-state index in [4.69, 9.17) is 5.11 Å². The van der Waals surface area contributed by atoms with E-state index in [0.717, 1.165) is 11.3 Å². The van der Waals surface area contributed by atoms with Crippen molar-refractivity contribution in [1.82, 2.24) is 9.97 Å². The largest absolute Gasteiger partial charge is 0.477 e. The lowest BCUT2D eigenvalue weighted by Gasteiger charge is -1.94. The molecule has 0 aromatic carbocycles. The van der Waals surface area contributed by atoms with E-state index in [1.54, 1.807) is 6.07 Å². The van der Waals surface area contributed by atoms with Crippen LogP contribution in [0.1, 0.15) is 20.2 Å². The predicted octanol–water partition coefficient (Wildman–Crippen LogP) is 1.72. The number of thiophene rings is 1. The third kappa shape index (κ3) is 1.96. The first-order chi connectivity index (χ1) is 7.70. The maximum Gasteiger partial charge on any atom is 0.345 e. The second-order valence-corrected chi connectivity index (χ2v) is 4.00. The fourth-order valence-electron chi connectivity index (χ4n) is 1.12. The molecule has 0 unspecified atom stereocenters. The Morgan fingerprint density at radius 3 is 2.62 bits per heavy atom. The third-order valence-corrected chi connectivity index (χ3v) is 2.96. The van der Waals surface area contributed by atoms with Crippen LogP contribution in [-0.4, -0.2) is 27.3 Å². The van der Waals surface area contributed by atoms with Crippen LogP contribution >= 0.6 is 11.3 Å². The van der Waals surface area contributed by atoms with Gasteiger partial charge in [-0.1, -0.05) is 0 Å². The number of carbonyl (C=O) groups excluding carboxylic acids is 1. The molecule has 0 atom stereocenters. The number of nitrogens with zero attached hydrogens (tertiary/aromatic N) is 2. The zero-order valence-corrected chi connectivity index (χ0v) is 8.77. The molecule has 0 amide bonds. The van der Waals surface area contributed by atoms with Gasteiger partial charge in [-0.3, -0.25) is 9.78 Å². The van der Waals surface area contributed by atoms with E-state index in [1.807, 2.05) is 0 Å². The summed E-state index contributed by atoms with van der Waals surface area (Å²) in [6.45, 7) is 0. The Hall–Kier alpha value is -2.08. The molecule has 0 spiro atoms. The highest BCUT2D eigenvalue weighted by atomic mass is 32.1. The molecule has 0 aliphatic heterocycles. The average molecular weight is 234 g/mol. The molecular formula is C10H6N2O3S. The molecule has 5 nitrogen and oxygen atoms in total. The van der Waals surface area contributed by atoms with Crippen molar-refractivity contribution in [3.05, 3.63) is 35.1 Å². The van der Waals surface area contributed by atoms with Crippen LogP contribution in [0, 0.1) is 0 Å². The van der Waals surface area contributed by atoms with Gasteiger partial charge in [-0.2, -0.15) is 0 Å². The third-order valence-electron chi connectivity index (χ3n) is 1.86. The number of aromatic nitrogens is 2. The van der Waals surface area contributed by atoms with E-state index >= 15 is 0 Å². The molecule has 0 saturated carbocycles. The molecule has 2 heterocycles. The molecule has 6 heteroatoms. The van der Waals surface area contributed by atoms with Gasteiger partial charge in [0.15, 0.2) is 6.29 Å². The maximum absolute atomic E-state index is 10.7. The monoisotopic (exact) mass is 234 g/mol. The summed E-state index contributed by atoms with van der Waals surface area (Å²) in [7, 11) is 0. The van der Waals surface area contributed by atoms with Crippen molar-refractivity contribution in [3.63, 3.8) is 0 Å². The molecule has 16 heavy (non-hydrogen) atoms. The summed E-state index contributed by atoms with van der Waals surface area (Å²) in [5.74, 6) is -0.964. The Bertz CT molecular complexity index is 533. The zero-order chi connectivity index (χ0) is 11.5. The number of aromatic carboxylic acids is 1. The summed E-state index contributed by atoms with van der Waals surface area (Å²) >= 11 is 1.12. The number of rotatable bonds is 3. The highest BCUT2D eigenvalue weighted by molar-refractivity contribution is 7.17. The number of carbonyl (C=O) groups is 2. The van der Waals surface area contributed by atoms with Gasteiger partial charge in [-0.15, -0.1) is 11.3 Å². The minimum absolute atomic E-state index is 0.247. The molecule has 0 saturated heterocycles. The van der Waals surface area contributed by atoms with Crippen LogP contribution < -0.4 is 0 Å². The highest BCUT2D eigenvalue weighted by Crippen LogP contribution is 2.25. The lowest BCUT2D eigenvalue weighted by Crippen LogP contribution is -1.90.